The molecule has 2 aliphatic rings. The molecule has 0 spiro atoms. The summed E-state index contributed by atoms with van der Waals surface area (Å²) in [6.07, 6.45) is -2.17. The summed E-state index contributed by atoms with van der Waals surface area (Å²) in [6, 6.07) is 0. The molecule has 2 rings (SSSR count). The van der Waals surface area contributed by atoms with Gasteiger partial charge < -0.3 is 28.7 Å². The number of rotatable bonds is 5. The lowest BCUT2D eigenvalue weighted by Crippen LogP contribution is -2.60. The molecular weight excluding hydrogens is 362 g/mol. The van der Waals surface area contributed by atoms with Gasteiger partial charge in [0.25, 0.3) is 0 Å². The van der Waals surface area contributed by atoms with Gasteiger partial charge in [-0.2, -0.15) is 0 Å². The van der Waals surface area contributed by atoms with E-state index in [2.05, 4.69) is 0 Å². The largest absolute Gasteiger partial charge is 0.463 e. The maximum atomic E-state index is 11.8. The van der Waals surface area contributed by atoms with Gasteiger partial charge >= 0.3 is 17.9 Å². The summed E-state index contributed by atoms with van der Waals surface area (Å²) in [5, 5.41) is 0. The Morgan fingerprint density at radius 1 is 1.11 bits per heavy atom. The van der Waals surface area contributed by atoms with E-state index >= 15 is 0 Å². The maximum absolute atomic E-state index is 11.8. The summed E-state index contributed by atoms with van der Waals surface area (Å²) in [7, 11) is 1.50. The molecule has 0 radical (unpaired) electrons. The van der Waals surface area contributed by atoms with Crippen LogP contribution >= 0.6 is 0 Å². The predicted octanol–water partition coefficient (Wildman–Crippen LogP) is -1.33. The van der Waals surface area contributed by atoms with Crippen LogP contribution in [0.2, 0.25) is 0 Å². The van der Waals surface area contributed by atoms with Gasteiger partial charge in [-0.1, -0.05) is 0 Å². The smallest absolute Gasteiger partial charge is 0.303 e. The number of ether oxygens (including phenoxy) is 4. The van der Waals surface area contributed by atoms with Gasteiger partial charge in [-0.05, 0) is 0 Å². The molecule has 0 aromatic rings. The molecule has 0 bridgehead atoms. The summed E-state index contributed by atoms with van der Waals surface area (Å²) < 4.78 is 21.4. The molecule has 1 saturated heterocycles. The van der Waals surface area contributed by atoms with Crippen LogP contribution in [-0.2, 0) is 38.1 Å². The highest BCUT2D eigenvalue weighted by atomic mass is 16.7. The van der Waals surface area contributed by atoms with E-state index in [-0.39, 0.29) is 12.5 Å². The first-order valence-electron chi connectivity index (χ1n) is 8.23. The standard InChI is InChI=1S/C16H23N3O8/c1-8(20)24-7-11-13(25-9(2)21)14(26-10(3)22)15(27-11)19-6-5-12(23)18(4)16(19)17/h5-6,11,13-16H,7,17H2,1-4H3/t11-,13-,14-,15-,16?/m1/s1. The van der Waals surface area contributed by atoms with Gasteiger partial charge in [0.2, 0.25) is 5.91 Å². The monoisotopic (exact) mass is 385 g/mol. The highest BCUT2D eigenvalue weighted by Gasteiger charge is 2.53. The normalized spacial score (nSPS) is 30.3. The van der Waals surface area contributed by atoms with Crippen LogP contribution < -0.4 is 5.73 Å². The first-order valence-corrected chi connectivity index (χ1v) is 8.23. The Balaban J connectivity index is 2.33. The van der Waals surface area contributed by atoms with Crippen LogP contribution in [0.25, 0.3) is 0 Å². The summed E-state index contributed by atoms with van der Waals surface area (Å²) >= 11 is 0. The van der Waals surface area contributed by atoms with Crippen LogP contribution in [0.1, 0.15) is 20.8 Å². The van der Waals surface area contributed by atoms with E-state index in [9.17, 15) is 19.2 Å². The van der Waals surface area contributed by atoms with Crippen molar-refractivity contribution < 1.29 is 38.1 Å². The molecule has 1 fully saturated rings. The molecule has 2 heterocycles. The maximum Gasteiger partial charge on any atom is 0.303 e. The minimum absolute atomic E-state index is 0.219. The third kappa shape index (κ3) is 4.74. The van der Waals surface area contributed by atoms with E-state index in [1.54, 1.807) is 0 Å². The number of nitrogens with two attached hydrogens (primary N) is 1. The lowest BCUT2D eigenvalue weighted by molar-refractivity contribution is -0.170. The molecule has 11 heteroatoms. The van der Waals surface area contributed by atoms with Crippen molar-refractivity contribution in [1.29, 1.82) is 0 Å². The van der Waals surface area contributed by atoms with E-state index in [0.29, 0.717) is 0 Å². The van der Waals surface area contributed by atoms with E-state index in [1.807, 2.05) is 0 Å². The molecule has 150 valence electrons. The molecule has 1 unspecified atom stereocenters. The van der Waals surface area contributed by atoms with Crippen LogP contribution in [0.4, 0.5) is 0 Å². The molecular formula is C16H23N3O8. The average Bonchev–Trinajstić information content (AvgIpc) is 2.87. The Bertz CT molecular complexity index is 652. The fourth-order valence-electron chi connectivity index (χ4n) is 2.85. The fraction of sp³-hybridized carbons (Fsp3) is 0.625. The van der Waals surface area contributed by atoms with Crippen LogP contribution in [0.15, 0.2) is 12.3 Å². The zero-order valence-electron chi connectivity index (χ0n) is 15.5. The summed E-state index contributed by atoms with van der Waals surface area (Å²) in [4.78, 5) is 48.7. The minimum atomic E-state index is -1.05. The lowest BCUT2D eigenvalue weighted by Gasteiger charge is -2.41. The zero-order valence-corrected chi connectivity index (χ0v) is 15.5. The number of hydrogen-bond donors (Lipinski definition) is 1. The molecule has 0 aromatic heterocycles. The van der Waals surface area contributed by atoms with Crippen molar-refractivity contribution in [2.75, 3.05) is 13.7 Å². The molecule has 2 aliphatic heterocycles. The molecule has 1 amide bonds. The summed E-state index contributed by atoms with van der Waals surface area (Å²) in [5.41, 5.74) is 6.07. The average molecular weight is 385 g/mol. The second kappa shape index (κ2) is 8.35. The van der Waals surface area contributed by atoms with E-state index < -0.39 is 48.7 Å². The van der Waals surface area contributed by atoms with Gasteiger partial charge in [0.1, 0.15) is 12.7 Å². The van der Waals surface area contributed by atoms with Gasteiger partial charge in [0, 0.05) is 40.1 Å². The number of nitrogens with zero attached hydrogens (tertiary/aromatic N) is 2. The van der Waals surface area contributed by atoms with Crippen molar-refractivity contribution in [1.82, 2.24) is 9.80 Å². The highest BCUT2D eigenvalue weighted by molar-refractivity contribution is 5.88. The third-order valence-electron chi connectivity index (χ3n) is 4.07. The van der Waals surface area contributed by atoms with Crippen molar-refractivity contribution in [2.45, 2.75) is 51.6 Å². The van der Waals surface area contributed by atoms with Crippen molar-refractivity contribution >= 4 is 23.8 Å². The van der Waals surface area contributed by atoms with Crippen LogP contribution in [-0.4, -0.2) is 78.1 Å². The molecule has 5 atom stereocenters. The van der Waals surface area contributed by atoms with Crippen molar-refractivity contribution in [3.63, 3.8) is 0 Å². The number of esters is 3. The Morgan fingerprint density at radius 2 is 1.70 bits per heavy atom. The predicted molar refractivity (Wildman–Crippen MR) is 88.1 cm³/mol. The first kappa shape index (κ1) is 20.6. The summed E-state index contributed by atoms with van der Waals surface area (Å²) in [5.74, 6) is -2.11. The number of likely N-dealkylation sites (N-methyl/N-ethyl adjacent to an activating group) is 1. The van der Waals surface area contributed by atoms with Gasteiger partial charge in [-0.25, -0.2) is 0 Å². The second-order valence-corrected chi connectivity index (χ2v) is 6.14. The zero-order chi connectivity index (χ0) is 20.3. The fourth-order valence-corrected chi connectivity index (χ4v) is 2.85. The topological polar surface area (TPSA) is 138 Å². The molecule has 2 N–H and O–H groups in total. The van der Waals surface area contributed by atoms with Crippen molar-refractivity contribution in [3.8, 4) is 0 Å². The van der Waals surface area contributed by atoms with Crippen molar-refractivity contribution in [2.24, 2.45) is 5.73 Å². The van der Waals surface area contributed by atoms with Gasteiger partial charge in [-0.15, -0.1) is 0 Å². The Hall–Kier alpha value is -2.66. The molecule has 0 aliphatic carbocycles. The summed E-state index contributed by atoms with van der Waals surface area (Å²) in [6.45, 7) is 3.40. The number of hydrogen-bond acceptors (Lipinski definition) is 10. The number of amides is 1. The van der Waals surface area contributed by atoms with Crippen molar-refractivity contribution in [3.05, 3.63) is 12.3 Å². The lowest BCUT2D eigenvalue weighted by atomic mass is 10.1. The van der Waals surface area contributed by atoms with Gasteiger partial charge in [-0.3, -0.25) is 24.9 Å². The number of carbonyl (C=O) groups is 4. The van der Waals surface area contributed by atoms with E-state index in [0.717, 1.165) is 0 Å². The Morgan fingerprint density at radius 3 is 2.26 bits per heavy atom. The van der Waals surface area contributed by atoms with Crippen LogP contribution in [0, 0.1) is 0 Å². The highest BCUT2D eigenvalue weighted by Crippen LogP contribution is 2.31. The van der Waals surface area contributed by atoms with Gasteiger partial charge in [0.15, 0.2) is 24.7 Å². The van der Waals surface area contributed by atoms with Crippen LogP contribution in [0.3, 0.4) is 0 Å². The Labute approximate surface area is 155 Å². The SMILES string of the molecule is CC(=O)OC[C@H]1O[C@@H](N2C=CC(=O)N(C)C2N)[C@H](OC(C)=O)[C@@H]1OC(C)=O. The minimum Gasteiger partial charge on any atom is -0.463 e. The first-order chi connectivity index (χ1) is 12.6. The molecule has 0 aromatic carbocycles. The molecule has 11 nitrogen and oxygen atoms in total. The van der Waals surface area contributed by atoms with E-state index in [1.165, 1.54) is 49.9 Å². The second-order valence-electron chi connectivity index (χ2n) is 6.14. The van der Waals surface area contributed by atoms with Crippen LogP contribution in [0.5, 0.6) is 0 Å². The number of carbonyl (C=O) groups excluding carboxylic acids is 4. The third-order valence-corrected chi connectivity index (χ3v) is 4.07. The van der Waals surface area contributed by atoms with Gasteiger partial charge in [0.05, 0.1) is 0 Å². The quantitative estimate of drug-likeness (QED) is 0.447. The Kier molecular flexibility index (Phi) is 6.39. The molecule has 0 saturated carbocycles. The van der Waals surface area contributed by atoms with E-state index in [4.69, 9.17) is 24.7 Å². The molecule has 27 heavy (non-hydrogen) atoms.